The van der Waals surface area contributed by atoms with Gasteiger partial charge in [-0.15, -0.1) is 0 Å². The fraction of sp³-hybridized carbons (Fsp3) is 0.500. The van der Waals surface area contributed by atoms with Crippen LogP contribution in [0.15, 0.2) is 24.3 Å². The molecule has 3 heteroatoms. The molecule has 0 saturated carbocycles. The molecule has 1 aromatic rings. The molecule has 3 N–H and O–H groups in total. The molecule has 15 heavy (non-hydrogen) atoms. The highest BCUT2D eigenvalue weighted by Gasteiger charge is 2.13. The lowest BCUT2D eigenvalue weighted by Crippen LogP contribution is -2.42. The van der Waals surface area contributed by atoms with E-state index in [1.165, 1.54) is 11.3 Å². The number of benzene rings is 1. The summed E-state index contributed by atoms with van der Waals surface area (Å²) >= 11 is 0. The smallest absolute Gasteiger partial charge is 0.0447 e. The molecular formula is C12H19N3. The fourth-order valence-electron chi connectivity index (χ4n) is 1.93. The fourth-order valence-corrected chi connectivity index (χ4v) is 1.93. The highest BCUT2D eigenvalue weighted by molar-refractivity contribution is 5.45. The van der Waals surface area contributed by atoms with Crippen molar-refractivity contribution in [3.8, 4) is 0 Å². The van der Waals surface area contributed by atoms with Gasteiger partial charge in [0.15, 0.2) is 0 Å². The SMILES string of the molecule is CCNc1ccc(C2CNCCN2)cc1. The van der Waals surface area contributed by atoms with Crippen molar-refractivity contribution in [2.45, 2.75) is 13.0 Å². The molecule has 1 aromatic carbocycles. The van der Waals surface area contributed by atoms with Gasteiger partial charge < -0.3 is 16.0 Å². The average molecular weight is 205 g/mol. The van der Waals surface area contributed by atoms with E-state index in [0.717, 1.165) is 26.2 Å². The third-order valence-corrected chi connectivity index (χ3v) is 2.73. The van der Waals surface area contributed by atoms with Gasteiger partial charge in [-0.05, 0) is 24.6 Å². The van der Waals surface area contributed by atoms with Gasteiger partial charge in [0.25, 0.3) is 0 Å². The minimum absolute atomic E-state index is 0.467. The second kappa shape index (κ2) is 5.14. The summed E-state index contributed by atoms with van der Waals surface area (Å²) in [5.41, 5.74) is 2.56. The summed E-state index contributed by atoms with van der Waals surface area (Å²) in [6.07, 6.45) is 0. The zero-order chi connectivity index (χ0) is 10.5. The average Bonchev–Trinajstić information content (AvgIpc) is 2.32. The lowest BCUT2D eigenvalue weighted by molar-refractivity contribution is 0.430. The number of hydrogen-bond acceptors (Lipinski definition) is 3. The van der Waals surface area contributed by atoms with Crippen LogP contribution in [0.2, 0.25) is 0 Å². The van der Waals surface area contributed by atoms with Crippen LogP contribution in [-0.4, -0.2) is 26.2 Å². The van der Waals surface area contributed by atoms with E-state index in [-0.39, 0.29) is 0 Å². The first-order valence-corrected chi connectivity index (χ1v) is 5.68. The van der Waals surface area contributed by atoms with Crippen LogP contribution in [-0.2, 0) is 0 Å². The molecule has 1 heterocycles. The lowest BCUT2D eigenvalue weighted by atomic mass is 10.1. The van der Waals surface area contributed by atoms with Gasteiger partial charge in [0, 0.05) is 37.9 Å². The Labute approximate surface area is 91.3 Å². The van der Waals surface area contributed by atoms with E-state index in [1.54, 1.807) is 0 Å². The Morgan fingerprint density at radius 3 is 2.67 bits per heavy atom. The quantitative estimate of drug-likeness (QED) is 0.697. The molecular weight excluding hydrogens is 186 g/mol. The van der Waals surface area contributed by atoms with Gasteiger partial charge >= 0.3 is 0 Å². The van der Waals surface area contributed by atoms with Crippen molar-refractivity contribution in [1.82, 2.24) is 10.6 Å². The maximum absolute atomic E-state index is 3.50. The zero-order valence-corrected chi connectivity index (χ0v) is 9.22. The highest BCUT2D eigenvalue weighted by atomic mass is 15.1. The summed E-state index contributed by atoms with van der Waals surface area (Å²) in [6, 6.07) is 9.16. The number of rotatable bonds is 3. The minimum atomic E-state index is 0.467. The van der Waals surface area contributed by atoms with Crippen LogP contribution in [0.5, 0.6) is 0 Å². The van der Waals surface area contributed by atoms with E-state index in [9.17, 15) is 0 Å². The molecule has 0 bridgehead atoms. The first-order valence-electron chi connectivity index (χ1n) is 5.68. The van der Waals surface area contributed by atoms with Crippen molar-refractivity contribution in [3.05, 3.63) is 29.8 Å². The van der Waals surface area contributed by atoms with Crippen molar-refractivity contribution < 1.29 is 0 Å². The predicted molar refractivity (Wildman–Crippen MR) is 64.2 cm³/mol. The molecule has 1 unspecified atom stereocenters. The molecule has 0 aromatic heterocycles. The van der Waals surface area contributed by atoms with Crippen molar-refractivity contribution in [3.63, 3.8) is 0 Å². The maximum Gasteiger partial charge on any atom is 0.0447 e. The van der Waals surface area contributed by atoms with Gasteiger partial charge in [-0.1, -0.05) is 12.1 Å². The first-order chi connectivity index (χ1) is 7.40. The molecule has 3 nitrogen and oxygen atoms in total. The van der Waals surface area contributed by atoms with E-state index < -0.39 is 0 Å². The maximum atomic E-state index is 3.50. The number of piperazine rings is 1. The molecule has 0 radical (unpaired) electrons. The topological polar surface area (TPSA) is 36.1 Å². The second-order valence-electron chi connectivity index (χ2n) is 3.86. The Bertz CT molecular complexity index is 288. The molecule has 1 fully saturated rings. The van der Waals surface area contributed by atoms with Crippen molar-refractivity contribution >= 4 is 5.69 Å². The van der Waals surface area contributed by atoms with Crippen LogP contribution in [0.3, 0.4) is 0 Å². The Morgan fingerprint density at radius 2 is 2.07 bits per heavy atom. The van der Waals surface area contributed by atoms with Crippen molar-refractivity contribution in [2.75, 3.05) is 31.5 Å². The molecule has 0 aliphatic carbocycles. The molecule has 0 spiro atoms. The highest BCUT2D eigenvalue weighted by Crippen LogP contribution is 2.16. The van der Waals surface area contributed by atoms with Gasteiger partial charge in [0.05, 0.1) is 0 Å². The Balaban J connectivity index is 2.02. The molecule has 0 amide bonds. The largest absolute Gasteiger partial charge is 0.385 e. The number of hydrogen-bond donors (Lipinski definition) is 3. The minimum Gasteiger partial charge on any atom is -0.385 e. The van der Waals surface area contributed by atoms with E-state index >= 15 is 0 Å². The van der Waals surface area contributed by atoms with Gasteiger partial charge in [-0.3, -0.25) is 0 Å². The van der Waals surface area contributed by atoms with Gasteiger partial charge in [-0.2, -0.15) is 0 Å². The number of nitrogens with one attached hydrogen (secondary N) is 3. The predicted octanol–water partition coefficient (Wildman–Crippen LogP) is 1.35. The summed E-state index contributed by atoms with van der Waals surface area (Å²) < 4.78 is 0. The summed E-state index contributed by atoms with van der Waals surface area (Å²) in [5.74, 6) is 0. The molecule has 1 saturated heterocycles. The van der Waals surface area contributed by atoms with Crippen LogP contribution in [0.25, 0.3) is 0 Å². The van der Waals surface area contributed by atoms with E-state index in [1.807, 2.05) is 0 Å². The molecule has 1 atom stereocenters. The van der Waals surface area contributed by atoms with E-state index in [2.05, 4.69) is 47.1 Å². The molecule has 1 aliphatic heterocycles. The normalized spacial score (nSPS) is 21.3. The van der Waals surface area contributed by atoms with Gasteiger partial charge in [0.1, 0.15) is 0 Å². The zero-order valence-electron chi connectivity index (χ0n) is 9.22. The Morgan fingerprint density at radius 1 is 1.27 bits per heavy atom. The van der Waals surface area contributed by atoms with Crippen LogP contribution in [0.1, 0.15) is 18.5 Å². The molecule has 1 aliphatic rings. The number of anilines is 1. The molecule has 2 rings (SSSR count). The third kappa shape index (κ3) is 2.70. The van der Waals surface area contributed by atoms with Crippen LogP contribution < -0.4 is 16.0 Å². The Hall–Kier alpha value is -1.06. The van der Waals surface area contributed by atoms with Gasteiger partial charge in [-0.25, -0.2) is 0 Å². The Kier molecular flexibility index (Phi) is 3.59. The van der Waals surface area contributed by atoms with Gasteiger partial charge in [0.2, 0.25) is 0 Å². The van der Waals surface area contributed by atoms with Crippen LogP contribution in [0.4, 0.5) is 5.69 Å². The van der Waals surface area contributed by atoms with Crippen LogP contribution >= 0.6 is 0 Å². The van der Waals surface area contributed by atoms with Crippen molar-refractivity contribution in [1.29, 1.82) is 0 Å². The standard InChI is InChI=1S/C12H19N3/c1-2-14-11-5-3-10(4-6-11)12-9-13-7-8-15-12/h3-6,12-15H,2,7-9H2,1H3. The van der Waals surface area contributed by atoms with E-state index in [0.29, 0.717) is 6.04 Å². The monoisotopic (exact) mass is 205 g/mol. The third-order valence-electron chi connectivity index (χ3n) is 2.73. The molecule has 82 valence electrons. The summed E-state index contributed by atoms with van der Waals surface area (Å²) in [4.78, 5) is 0. The second-order valence-corrected chi connectivity index (χ2v) is 3.86. The first kappa shape index (κ1) is 10.5. The van der Waals surface area contributed by atoms with E-state index in [4.69, 9.17) is 0 Å². The van der Waals surface area contributed by atoms with Crippen molar-refractivity contribution in [2.24, 2.45) is 0 Å². The van der Waals surface area contributed by atoms with Crippen LogP contribution in [0, 0.1) is 0 Å². The summed E-state index contributed by atoms with van der Waals surface area (Å²) in [7, 11) is 0. The summed E-state index contributed by atoms with van der Waals surface area (Å²) in [6.45, 7) is 6.25. The lowest BCUT2D eigenvalue weighted by Gasteiger charge is -2.25. The summed E-state index contributed by atoms with van der Waals surface area (Å²) in [5, 5.41) is 10.2.